The minimum Gasteiger partial charge on any atom is -0.297 e. The Bertz CT molecular complexity index is 838. The van der Waals surface area contributed by atoms with E-state index < -0.39 is 0 Å². The van der Waals surface area contributed by atoms with Gasteiger partial charge in [0.25, 0.3) is 0 Å². The zero-order valence-electron chi connectivity index (χ0n) is 12.4. The number of halogens is 2. The highest BCUT2D eigenvalue weighted by Crippen LogP contribution is 2.18. The molecule has 0 saturated carbocycles. The van der Waals surface area contributed by atoms with Crippen LogP contribution in [0.3, 0.4) is 0 Å². The average Bonchev–Trinajstić information content (AvgIpc) is 2.90. The van der Waals surface area contributed by atoms with Crippen molar-refractivity contribution in [2.45, 2.75) is 6.92 Å². The van der Waals surface area contributed by atoms with Crippen molar-refractivity contribution in [2.75, 3.05) is 5.43 Å². The first-order valence-electron chi connectivity index (χ1n) is 6.98. The highest BCUT2D eigenvalue weighted by Gasteiger charge is 2.08. The summed E-state index contributed by atoms with van der Waals surface area (Å²) >= 11 is 12.0. The van der Waals surface area contributed by atoms with E-state index in [1.54, 1.807) is 24.7 Å². The molecule has 0 aliphatic heterocycles. The minimum absolute atomic E-state index is 0.396. The standard InChI is InChI=1S/C17H14Cl2N4/c1-12-3-2-4-15(9-12)23-11-20-17(19)16(23)10-21-22-14-7-5-13(18)6-8-14/h2-11,22H,1H3. The Balaban J connectivity index is 1.84. The first kappa shape index (κ1) is 15.6. The van der Waals surface area contributed by atoms with E-state index in [1.807, 2.05) is 41.8 Å². The van der Waals surface area contributed by atoms with Gasteiger partial charge in [-0.2, -0.15) is 5.10 Å². The van der Waals surface area contributed by atoms with E-state index in [4.69, 9.17) is 23.2 Å². The molecule has 1 aromatic heterocycles. The SMILES string of the molecule is Cc1cccc(-n2cnc(Cl)c2C=NNc2ccc(Cl)cc2)c1. The van der Waals surface area contributed by atoms with Crippen LogP contribution in [0.2, 0.25) is 10.2 Å². The second kappa shape index (κ2) is 6.86. The molecule has 0 spiro atoms. The lowest BCUT2D eigenvalue weighted by Crippen LogP contribution is -2.00. The molecule has 0 aliphatic rings. The van der Waals surface area contributed by atoms with Crippen molar-refractivity contribution in [1.29, 1.82) is 0 Å². The molecule has 3 rings (SSSR count). The van der Waals surface area contributed by atoms with Crippen LogP contribution < -0.4 is 5.43 Å². The molecule has 3 aromatic rings. The van der Waals surface area contributed by atoms with Crippen LogP contribution in [0.4, 0.5) is 5.69 Å². The van der Waals surface area contributed by atoms with Gasteiger partial charge in [0.15, 0.2) is 5.15 Å². The largest absolute Gasteiger partial charge is 0.297 e. The van der Waals surface area contributed by atoms with Gasteiger partial charge in [-0.15, -0.1) is 0 Å². The molecule has 2 aromatic carbocycles. The van der Waals surface area contributed by atoms with Gasteiger partial charge < -0.3 is 0 Å². The number of anilines is 1. The molecule has 6 heteroatoms. The maximum atomic E-state index is 6.17. The molecule has 0 aliphatic carbocycles. The molecular weight excluding hydrogens is 331 g/mol. The van der Waals surface area contributed by atoms with Gasteiger partial charge in [0.05, 0.1) is 11.9 Å². The van der Waals surface area contributed by atoms with Crippen LogP contribution in [0.25, 0.3) is 5.69 Å². The van der Waals surface area contributed by atoms with Crippen molar-refractivity contribution in [3.05, 3.63) is 76.3 Å². The van der Waals surface area contributed by atoms with Gasteiger partial charge in [-0.1, -0.05) is 35.3 Å². The van der Waals surface area contributed by atoms with Gasteiger partial charge in [-0.25, -0.2) is 4.98 Å². The third kappa shape index (κ3) is 3.73. The number of hydrogen-bond acceptors (Lipinski definition) is 3. The number of nitrogens with one attached hydrogen (secondary N) is 1. The van der Waals surface area contributed by atoms with Crippen LogP contribution in [0.5, 0.6) is 0 Å². The van der Waals surface area contributed by atoms with Crippen LogP contribution >= 0.6 is 23.2 Å². The third-order valence-corrected chi connectivity index (χ3v) is 3.81. The zero-order valence-corrected chi connectivity index (χ0v) is 13.9. The maximum Gasteiger partial charge on any atom is 0.156 e. The first-order valence-corrected chi connectivity index (χ1v) is 7.73. The van der Waals surface area contributed by atoms with Crippen molar-refractivity contribution in [3.8, 4) is 5.69 Å². The molecule has 0 bridgehead atoms. The fourth-order valence-corrected chi connectivity index (χ4v) is 2.44. The molecular formula is C17H14Cl2N4. The number of nitrogens with zero attached hydrogens (tertiary/aromatic N) is 3. The lowest BCUT2D eigenvalue weighted by Gasteiger charge is -2.06. The monoisotopic (exact) mass is 344 g/mol. The van der Waals surface area contributed by atoms with Gasteiger partial charge >= 0.3 is 0 Å². The maximum absolute atomic E-state index is 6.17. The van der Waals surface area contributed by atoms with Crippen LogP contribution in [0.1, 0.15) is 11.3 Å². The highest BCUT2D eigenvalue weighted by molar-refractivity contribution is 6.31. The van der Waals surface area contributed by atoms with Crippen LogP contribution in [-0.4, -0.2) is 15.8 Å². The Morgan fingerprint density at radius 3 is 2.65 bits per heavy atom. The quantitative estimate of drug-likeness (QED) is 0.538. The second-order valence-corrected chi connectivity index (χ2v) is 5.80. The summed E-state index contributed by atoms with van der Waals surface area (Å²) in [5.41, 5.74) is 6.63. The molecule has 0 unspecified atom stereocenters. The molecule has 0 fully saturated rings. The van der Waals surface area contributed by atoms with Crippen LogP contribution in [-0.2, 0) is 0 Å². The Morgan fingerprint density at radius 2 is 1.91 bits per heavy atom. The number of imidazole rings is 1. The molecule has 0 amide bonds. The Labute approximate surface area is 144 Å². The van der Waals surface area contributed by atoms with Gasteiger partial charge in [0, 0.05) is 10.7 Å². The van der Waals surface area contributed by atoms with Crippen LogP contribution in [0, 0.1) is 6.92 Å². The number of hydrazone groups is 1. The molecule has 23 heavy (non-hydrogen) atoms. The summed E-state index contributed by atoms with van der Waals surface area (Å²) < 4.78 is 1.89. The van der Waals surface area contributed by atoms with Gasteiger partial charge in [-0.05, 0) is 48.9 Å². The number of benzene rings is 2. The Hall–Kier alpha value is -2.30. The Kier molecular flexibility index (Phi) is 4.65. The summed E-state index contributed by atoms with van der Waals surface area (Å²) in [6.07, 6.45) is 3.33. The summed E-state index contributed by atoms with van der Waals surface area (Å²) in [5.74, 6) is 0. The molecule has 0 atom stereocenters. The van der Waals surface area contributed by atoms with E-state index in [-0.39, 0.29) is 0 Å². The molecule has 1 N–H and O–H groups in total. The summed E-state index contributed by atoms with van der Waals surface area (Å²) in [5, 5.41) is 5.30. The fourth-order valence-electron chi connectivity index (χ4n) is 2.13. The minimum atomic E-state index is 0.396. The van der Waals surface area contributed by atoms with Crippen molar-refractivity contribution < 1.29 is 0 Å². The van der Waals surface area contributed by atoms with E-state index in [9.17, 15) is 0 Å². The lowest BCUT2D eigenvalue weighted by molar-refractivity contribution is 1.04. The summed E-state index contributed by atoms with van der Waals surface area (Å²) in [6.45, 7) is 2.04. The van der Waals surface area contributed by atoms with Crippen molar-refractivity contribution in [2.24, 2.45) is 5.10 Å². The van der Waals surface area contributed by atoms with Gasteiger partial charge in [0.1, 0.15) is 12.0 Å². The van der Waals surface area contributed by atoms with E-state index in [0.717, 1.165) is 16.9 Å². The van der Waals surface area contributed by atoms with Gasteiger partial charge in [0.2, 0.25) is 0 Å². The normalized spacial score (nSPS) is 11.1. The van der Waals surface area contributed by atoms with Crippen molar-refractivity contribution >= 4 is 35.1 Å². The second-order valence-electron chi connectivity index (χ2n) is 5.01. The summed E-state index contributed by atoms with van der Waals surface area (Å²) in [4.78, 5) is 4.15. The van der Waals surface area contributed by atoms with E-state index >= 15 is 0 Å². The van der Waals surface area contributed by atoms with Crippen molar-refractivity contribution in [1.82, 2.24) is 9.55 Å². The molecule has 0 radical (unpaired) electrons. The number of aryl methyl sites for hydroxylation is 1. The molecule has 0 saturated heterocycles. The zero-order chi connectivity index (χ0) is 16.2. The average molecular weight is 345 g/mol. The predicted molar refractivity (Wildman–Crippen MR) is 96.0 cm³/mol. The molecule has 1 heterocycles. The Morgan fingerprint density at radius 1 is 1.13 bits per heavy atom. The lowest BCUT2D eigenvalue weighted by atomic mass is 10.2. The highest BCUT2D eigenvalue weighted by atomic mass is 35.5. The first-order chi connectivity index (χ1) is 11.1. The van der Waals surface area contributed by atoms with E-state index in [2.05, 4.69) is 21.6 Å². The van der Waals surface area contributed by atoms with Gasteiger partial charge in [-0.3, -0.25) is 9.99 Å². The number of aromatic nitrogens is 2. The van der Waals surface area contributed by atoms with Crippen molar-refractivity contribution in [3.63, 3.8) is 0 Å². The molecule has 116 valence electrons. The number of hydrogen-bond donors (Lipinski definition) is 1. The van der Waals surface area contributed by atoms with Crippen LogP contribution in [0.15, 0.2) is 60.0 Å². The smallest absolute Gasteiger partial charge is 0.156 e. The third-order valence-electron chi connectivity index (χ3n) is 3.26. The van der Waals surface area contributed by atoms with E-state index in [0.29, 0.717) is 15.9 Å². The van der Waals surface area contributed by atoms with E-state index in [1.165, 1.54) is 0 Å². The number of rotatable bonds is 4. The molecule has 4 nitrogen and oxygen atoms in total. The summed E-state index contributed by atoms with van der Waals surface area (Å²) in [6, 6.07) is 15.4. The summed E-state index contributed by atoms with van der Waals surface area (Å²) in [7, 11) is 0. The predicted octanol–water partition coefficient (Wildman–Crippen LogP) is 4.93. The topological polar surface area (TPSA) is 42.2 Å². The fraction of sp³-hybridized carbons (Fsp3) is 0.0588.